The quantitative estimate of drug-likeness (QED) is 0.524. The van der Waals surface area contributed by atoms with Gasteiger partial charge in [0.05, 0.1) is 25.7 Å². The fourth-order valence-electron chi connectivity index (χ4n) is 6.05. The largest absolute Gasteiger partial charge is 0.436 e. The zero-order chi connectivity index (χ0) is 23.9. The van der Waals surface area contributed by atoms with Crippen molar-refractivity contribution in [3.63, 3.8) is 0 Å². The number of esters is 1. The van der Waals surface area contributed by atoms with Crippen molar-refractivity contribution < 1.29 is 24.5 Å². The van der Waals surface area contributed by atoms with Crippen LogP contribution in [-0.4, -0.2) is 42.3 Å². The summed E-state index contributed by atoms with van der Waals surface area (Å²) in [7, 11) is 0. The highest BCUT2D eigenvalue weighted by atomic mass is 16.7. The molecule has 0 bridgehead atoms. The summed E-state index contributed by atoms with van der Waals surface area (Å²) in [6.07, 6.45) is 8.18. The van der Waals surface area contributed by atoms with E-state index in [4.69, 9.17) is 9.47 Å². The Morgan fingerprint density at radius 1 is 0.938 bits per heavy atom. The van der Waals surface area contributed by atoms with Gasteiger partial charge in [0, 0.05) is 11.8 Å². The van der Waals surface area contributed by atoms with E-state index in [0.29, 0.717) is 17.8 Å². The predicted octanol–water partition coefficient (Wildman–Crippen LogP) is 5.42. The number of carbonyl (C=O) groups excluding carboxylic acids is 1. The van der Waals surface area contributed by atoms with Gasteiger partial charge in [0.2, 0.25) is 6.29 Å². The molecule has 0 aromatic rings. The number of aliphatic hydroxyl groups excluding tert-OH is 2. The van der Waals surface area contributed by atoms with Crippen LogP contribution in [0.2, 0.25) is 0 Å². The van der Waals surface area contributed by atoms with E-state index in [0.717, 1.165) is 62.9 Å². The molecule has 0 aromatic carbocycles. The van der Waals surface area contributed by atoms with E-state index < -0.39 is 0 Å². The van der Waals surface area contributed by atoms with E-state index in [1.807, 2.05) is 0 Å². The van der Waals surface area contributed by atoms with Crippen molar-refractivity contribution in [2.75, 3.05) is 19.8 Å². The Hall–Kier alpha value is -0.650. The molecule has 0 amide bonds. The first-order valence-electron chi connectivity index (χ1n) is 13.2. The van der Waals surface area contributed by atoms with E-state index in [2.05, 4.69) is 41.5 Å². The molecule has 5 heteroatoms. The van der Waals surface area contributed by atoms with Gasteiger partial charge in [0.25, 0.3) is 0 Å². The van der Waals surface area contributed by atoms with Crippen molar-refractivity contribution >= 4 is 5.97 Å². The lowest BCUT2D eigenvalue weighted by atomic mass is 9.66. The molecule has 0 aromatic heterocycles. The Morgan fingerprint density at radius 3 is 1.88 bits per heavy atom. The second-order valence-corrected chi connectivity index (χ2v) is 11.7. The first-order valence-corrected chi connectivity index (χ1v) is 13.2. The van der Waals surface area contributed by atoms with Gasteiger partial charge in [-0.2, -0.15) is 0 Å². The molecule has 3 aliphatic rings. The molecule has 2 N–H and O–H groups in total. The maximum atomic E-state index is 12.3. The second kappa shape index (κ2) is 12.7. The fourth-order valence-corrected chi connectivity index (χ4v) is 6.05. The number of hydrogen-bond acceptors (Lipinski definition) is 5. The van der Waals surface area contributed by atoms with Crippen LogP contribution in [0, 0.1) is 46.8 Å². The number of aliphatic hydroxyl groups is 2. The lowest BCUT2D eigenvalue weighted by Crippen LogP contribution is -2.39. The zero-order valence-corrected chi connectivity index (χ0v) is 21.5. The summed E-state index contributed by atoms with van der Waals surface area (Å²) in [5.41, 5.74) is -0.161. The van der Waals surface area contributed by atoms with Gasteiger partial charge in [0.15, 0.2) is 0 Å². The Morgan fingerprint density at radius 2 is 1.47 bits per heavy atom. The summed E-state index contributed by atoms with van der Waals surface area (Å²) in [4.78, 5) is 12.3. The van der Waals surface area contributed by atoms with Crippen LogP contribution in [0.4, 0.5) is 0 Å². The zero-order valence-electron chi connectivity index (χ0n) is 21.5. The molecule has 1 saturated heterocycles. The highest BCUT2D eigenvalue weighted by Gasteiger charge is 2.40. The van der Waals surface area contributed by atoms with Crippen molar-refractivity contribution in [1.29, 1.82) is 0 Å². The average molecular weight is 455 g/mol. The van der Waals surface area contributed by atoms with Gasteiger partial charge < -0.3 is 19.7 Å². The average Bonchev–Trinajstić information content (AvgIpc) is 3.26. The van der Waals surface area contributed by atoms with Crippen LogP contribution in [0.25, 0.3) is 0 Å². The summed E-state index contributed by atoms with van der Waals surface area (Å²) in [5.74, 6) is 3.86. The van der Waals surface area contributed by atoms with Gasteiger partial charge >= 0.3 is 5.97 Å². The van der Waals surface area contributed by atoms with Crippen LogP contribution in [0.15, 0.2) is 0 Å². The standard InChI is InChI=1S/C16H28O3.C11H22O2/c1-10(2)13-8-11(3)15(12(4)9-13)16(17)19-14-6-5-7-18-14;1-9(2)10-3-5-11(7-12,8-13)6-4-10/h10-15H,5-9H2,1-4H3;9-10,12-13H,3-8H2,1-2H3. The van der Waals surface area contributed by atoms with Gasteiger partial charge in [-0.1, -0.05) is 41.5 Å². The molecule has 0 spiro atoms. The van der Waals surface area contributed by atoms with E-state index in [1.54, 1.807) is 0 Å². The summed E-state index contributed by atoms with van der Waals surface area (Å²) in [6, 6.07) is 0. The molecule has 1 aliphatic heterocycles. The smallest absolute Gasteiger partial charge is 0.311 e. The Bertz CT molecular complexity index is 528. The van der Waals surface area contributed by atoms with Crippen LogP contribution < -0.4 is 0 Å². The Kier molecular flexibility index (Phi) is 11.0. The van der Waals surface area contributed by atoms with E-state index in [9.17, 15) is 15.0 Å². The van der Waals surface area contributed by atoms with Gasteiger partial charge in [0.1, 0.15) is 0 Å². The summed E-state index contributed by atoms with van der Waals surface area (Å²) in [5, 5.41) is 18.4. The minimum Gasteiger partial charge on any atom is -0.436 e. The third-order valence-corrected chi connectivity index (χ3v) is 8.63. The summed E-state index contributed by atoms with van der Waals surface area (Å²) < 4.78 is 10.9. The van der Waals surface area contributed by atoms with Crippen LogP contribution in [0.5, 0.6) is 0 Å². The Balaban J connectivity index is 0.000000244. The lowest BCUT2D eigenvalue weighted by Gasteiger charge is -2.39. The summed E-state index contributed by atoms with van der Waals surface area (Å²) in [6.45, 7) is 14.5. The molecule has 32 heavy (non-hydrogen) atoms. The van der Waals surface area contributed by atoms with Crippen molar-refractivity contribution in [2.45, 2.75) is 99.2 Å². The van der Waals surface area contributed by atoms with Gasteiger partial charge in [-0.25, -0.2) is 0 Å². The molecule has 188 valence electrons. The fraction of sp³-hybridized carbons (Fsp3) is 0.963. The molecule has 3 rings (SSSR count). The van der Waals surface area contributed by atoms with Crippen molar-refractivity contribution in [3.05, 3.63) is 0 Å². The molecule has 0 radical (unpaired) electrons. The first-order chi connectivity index (χ1) is 15.1. The number of ether oxygens (including phenoxy) is 2. The van der Waals surface area contributed by atoms with E-state index in [-0.39, 0.29) is 36.8 Å². The van der Waals surface area contributed by atoms with Crippen LogP contribution in [0.1, 0.15) is 92.9 Å². The second-order valence-electron chi connectivity index (χ2n) is 11.7. The topological polar surface area (TPSA) is 76.0 Å². The first kappa shape index (κ1) is 27.6. The molecule has 3 atom stereocenters. The van der Waals surface area contributed by atoms with Crippen LogP contribution in [0.3, 0.4) is 0 Å². The van der Waals surface area contributed by atoms with Crippen LogP contribution >= 0.6 is 0 Å². The van der Waals surface area contributed by atoms with E-state index >= 15 is 0 Å². The summed E-state index contributed by atoms with van der Waals surface area (Å²) >= 11 is 0. The number of hydrogen-bond donors (Lipinski definition) is 2. The molecule has 1 heterocycles. The monoisotopic (exact) mass is 454 g/mol. The molecule has 3 unspecified atom stereocenters. The highest BCUT2D eigenvalue weighted by molar-refractivity contribution is 5.73. The van der Waals surface area contributed by atoms with Crippen molar-refractivity contribution in [2.24, 2.45) is 46.8 Å². The third-order valence-electron chi connectivity index (χ3n) is 8.63. The van der Waals surface area contributed by atoms with Crippen molar-refractivity contribution in [3.8, 4) is 0 Å². The molecular formula is C27H50O5. The molecule has 2 saturated carbocycles. The highest BCUT2D eigenvalue weighted by Crippen LogP contribution is 2.42. The molecule has 5 nitrogen and oxygen atoms in total. The third kappa shape index (κ3) is 7.43. The van der Waals surface area contributed by atoms with Gasteiger partial charge in [-0.05, 0) is 80.5 Å². The SMILES string of the molecule is CC(C)C1CC(C)C(C(=O)OC2CCCO2)C(C)C1.CC(C)C1CCC(CO)(CO)CC1. The molecule has 2 aliphatic carbocycles. The Labute approximate surface area is 196 Å². The van der Waals surface area contributed by atoms with Crippen molar-refractivity contribution in [1.82, 2.24) is 0 Å². The predicted molar refractivity (Wildman–Crippen MR) is 128 cm³/mol. The molecular weight excluding hydrogens is 404 g/mol. The van der Waals surface area contributed by atoms with Gasteiger partial charge in [-0.15, -0.1) is 0 Å². The molecule has 3 fully saturated rings. The minimum absolute atomic E-state index is 0.0332. The van der Waals surface area contributed by atoms with Gasteiger partial charge in [-0.3, -0.25) is 4.79 Å². The lowest BCUT2D eigenvalue weighted by molar-refractivity contribution is -0.180. The maximum Gasteiger partial charge on any atom is 0.311 e. The number of carbonyl (C=O) groups is 1. The number of rotatable bonds is 6. The van der Waals surface area contributed by atoms with Crippen LogP contribution in [-0.2, 0) is 14.3 Å². The minimum atomic E-state index is -0.283. The normalized spacial score (nSPS) is 33.1. The maximum absolute atomic E-state index is 12.3. The van der Waals surface area contributed by atoms with E-state index in [1.165, 1.54) is 12.8 Å².